The first-order valence-corrected chi connectivity index (χ1v) is 11.7. The van der Waals surface area contributed by atoms with Gasteiger partial charge in [0.2, 0.25) is 0 Å². The van der Waals surface area contributed by atoms with E-state index in [0.29, 0.717) is 23.4 Å². The number of H-pyrrole nitrogens is 1. The Kier molecular flexibility index (Phi) is 6.65. The molecule has 0 bridgehead atoms. The SMILES string of the molecule is COc1cccc2c(Nc3ccc4[nH]c(C(=O)N/N=C/c5ccc(F)c(C(F)(F)F)c5)cc4c3)cc(C)nc12. The van der Waals surface area contributed by atoms with Crippen molar-refractivity contribution in [2.24, 2.45) is 5.10 Å². The first kappa shape index (κ1) is 25.7. The van der Waals surface area contributed by atoms with Crippen LogP contribution in [0, 0.1) is 12.7 Å². The number of carbonyl (C=O) groups is 1. The summed E-state index contributed by atoms with van der Waals surface area (Å²) in [4.78, 5) is 20.2. The monoisotopic (exact) mass is 535 g/mol. The lowest BCUT2D eigenvalue weighted by Gasteiger charge is -2.13. The third-order valence-electron chi connectivity index (χ3n) is 5.97. The summed E-state index contributed by atoms with van der Waals surface area (Å²) in [5.41, 5.74) is 4.89. The molecule has 3 N–H and O–H groups in total. The molecule has 11 heteroatoms. The summed E-state index contributed by atoms with van der Waals surface area (Å²) in [5.74, 6) is -1.32. The number of anilines is 2. The van der Waals surface area contributed by atoms with E-state index >= 15 is 0 Å². The normalized spacial score (nSPS) is 11.8. The number of amides is 1. The Labute approximate surface area is 219 Å². The van der Waals surface area contributed by atoms with Gasteiger partial charge in [-0.15, -0.1) is 0 Å². The van der Waals surface area contributed by atoms with Crippen LogP contribution in [0.2, 0.25) is 0 Å². The fourth-order valence-corrected chi connectivity index (χ4v) is 4.17. The molecule has 2 aromatic heterocycles. The summed E-state index contributed by atoms with van der Waals surface area (Å²) in [6, 6.07) is 17.2. The Balaban J connectivity index is 1.34. The second-order valence-corrected chi connectivity index (χ2v) is 8.71. The van der Waals surface area contributed by atoms with E-state index in [1.165, 1.54) is 0 Å². The Hall–Kier alpha value is -4.93. The zero-order valence-electron chi connectivity index (χ0n) is 20.7. The van der Waals surface area contributed by atoms with Crippen LogP contribution in [0.4, 0.5) is 28.9 Å². The van der Waals surface area contributed by atoms with Crippen LogP contribution in [0.15, 0.2) is 71.8 Å². The van der Waals surface area contributed by atoms with Gasteiger partial charge < -0.3 is 15.0 Å². The van der Waals surface area contributed by atoms with Gasteiger partial charge >= 0.3 is 6.18 Å². The van der Waals surface area contributed by atoms with Crippen molar-refractivity contribution in [3.8, 4) is 5.75 Å². The highest BCUT2D eigenvalue weighted by Gasteiger charge is 2.34. The van der Waals surface area contributed by atoms with Crippen molar-refractivity contribution in [3.63, 3.8) is 0 Å². The van der Waals surface area contributed by atoms with Crippen LogP contribution >= 0.6 is 0 Å². The maximum atomic E-state index is 13.5. The average Bonchev–Trinajstić information content (AvgIpc) is 3.32. The summed E-state index contributed by atoms with van der Waals surface area (Å²) in [7, 11) is 1.59. The van der Waals surface area contributed by atoms with Crippen LogP contribution < -0.4 is 15.5 Å². The number of hydrazone groups is 1. The highest BCUT2D eigenvalue weighted by Crippen LogP contribution is 2.33. The molecule has 0 saturated carbocycles. The molecule has 0 fully saturated rings. The number of aromatic nitrogens is 2. The Morgan fingerprint density at radius 2 is 1.90 bits per heavy atom. The molecule has 0 aliphatic carbocycles. The lowest BCUT2D eigenvalue weighted by Crippen LogP contribution is -2.18. The predicted octanol–water partition coefficient (Wildman–Crippen LogP) is 6.70. The number of halogens is 4. The number of ether oxygens (including phenoxy) is 1. The second kappa shape index (κ2) is 10.1. The Morgan fingerprint density at radius 1 is 1.08 bits per heavy atom. The van der Waals surface area contributed by atoms with Crippen molar-refractivity contribution in [3.05, 3.63) is 95.1 Å². The third-order valence-corrected chi connectivity index (χ3v) is 5.97. The number of pyridine rings is 1. The van der Waals surface area contributed by atoms with Crippen molar-refractivity contribution in [1.82, 2.24) is 15.4 Å². The first-order valence-electron chi connectivity index (χ1n) is 11.7. The highest BCUT2D eigenvalue weighted by atomic mass is 19.4. The van der Waals surface area contributed by atoms with Gasteiger partial charge in [0.15, 0.2) is 0 Å². The molecule has 0 aliphatic heterocycles. The number of alkyl halides is 3. The molecule has 5 rings (SSSR count). The molecule has 198 valence electrons. The van der Waals surface area contributed by atoms with Gasteiger partial charge in [-0.3, -0.25) is 4.79 Å². The molecule has 0 radical (unpaired) electrons. The van der Waals surface area contributed by atoms with Crippen LogP contribution in [0.5, 0.6) is 5.75 Å². The van der Waals surface area contributed by atoms with Gasteiger partial charge in [0.1, 0.15) is 22.8 Å². The summed E-state index contributed by atoms with van der Waals surface area (Å²) < 4.78 is 57.6. The summed E-state index contributed by atoms with van der Waals surface area (Å²) in [6.07, 6.45) is -3.83. The van der Waals surface area contributed by atoms with Gasteiger partial charge in [0.25, 0.3) is 5.91 Å². The van der Waals surface area contributed by atoms with Gasteiger partial charge in [-0.05, 0) is 61.0 Å². The van der Waals surface area contributed by atoms with Crippen molar-refractivity contribution >= 4 is 45.3 Å². The molecule has 5 aromatic rings. The van der Waals surface area contributed by atoms with Gasteiger partial charge in [0, 0.05) is 33.4 Å². The number of hydrogen-bond donors (Lipinski definition) is 3. The quantitative estimate of drug-likeness (QED) is 0.128. The van der Waals surface area contributed by atoms with Gasteiger partial charge in [-0.25, -0.2) is 14.8 Å². The van der Waals surface area contributed by atoms with E-state index < -0.39 is 23.5 Å². The molecular formula is C28H21F4N5O2. The zero-order chi connectivity index (χ0) is 27.7. The smallest absolute Gasteiger partial charge is 0.419 e. The molecular weight excluding hydrogens is 514 g/mol. The number of aryl methyl sites for hydroxylation is 1. The molecule has 39 heavy (non-hydrogen) atoms. The number of para-hydroxylation sites is 1. The van der Waals surface area contributed by atoms with E-state index in [9.17, 15) is 22.4 Å². The Bertz CT molecular complexity index is 1740. The minimum atomic E-state index is -4.84. The average molecular weight is 536 g/mol. The predicted molar refractivity (Wildman–Crippen MR) is 141 cm³/mol. The van der Waals surface area contributed by atoms with Gasteiger partial charge in [-0.1, -0.05) is 18.2 Å². The van der Waals surface area contributed by atoms with E-state index in [4.69, 9.17) is 4.74 Å². The minimum absolute atomic E-state index is 0.0205. The molecule has 3 aromatic carbocycles. The lowest BCUT2D eigenvalue weighted by atomic mass is 10.1. The largest absolute Gasteiger partial charge is 0.494 e. The van der Waals surface area contributed by atoms with E-state index in [1.807, 2.05) is 49.4 Å². The van der Waals surface area contributed by atoms with Crippen molar-refractivity contribution in [1.29, 1.82) is 0 Å². The van der Waals surface area contributed by atoms with Crippen molar-refractivity contribution in [2.75, 3.05) is 12.4 Å². The number of methoxy groups -OCH3 is 1. The maximum absolute atomic E-state index is 13.5. The number of hydrogen-bond acceptors (Lipinski definition) is 5. The standard InChI is InChI=1S/C28H21F4N5O2/c1-15-10-23(19-4-3-5-25(39-2)26(19)34-15)35-18-7-9-22-17(12-18)13-24(36-22)27(38)37-33-14-16-6-8-21(29)20(11-16)28(30,31)32/h3-14,36H,1-2H3,(H,34,35)(H,37,38)/b33-14+. The topological polar surface area (TPSA) is 91.4 Å². The number of fused-ring (bicyclic) bond motifs is 2. The van der Waals surface area contributed by atoms with Gasteiger partial charge in [0.05, 0.1) is 18.9 Å². The van der Waals surface area contributed by atoms with Crippen LogP contribution in [0.25, 0.3) is 21.8 Å². The van der Waals surface area contributed by atoms with Crippen molar-refractivity contribution in [2.45, 2.75) is 13.1 Å². The van der Waals surface area contributed by atoms with Crippen LogP contribution in [0.1, 0.15) is 27.3 Å². The summed E-state index contributed by atoms with van der Waals surface area (Å²) in [5, 5.41) is 8.73. The summed E-state index contributed by atoms with van der Waals surface area (Å²) in [6.45, 7) is 1.89. The fraction of sp³-hybridized carbons (Fsp3) is 0.107. The number of nitrogens with zero attached hydrogens (tertiary/aromatic N) is 2. The lowest BCUT2D eigenvalue weighted by molar-refractivity contribution is -0.140. The van der Waals surface area contributed by atoms with Gasteiger partial charge in [-0.2, -0.15) is 18.3 Å². The summed E-state index contributed by atoms with van der Waals surface area (Å²) >= 11 is 0. The van der Waals surface area contributed by atoms with E-state index in [1.54, 1.807) is 13.2 Å². The number of rotatable bonds is 6. The molecule has 0 atom stereocenters. The molecule has 1 amide bonds. The molecule has 0 spiro atoms. The number of nitrogens with one attached hydrogen (secondary N) is 3. The zero-order valence-corrected chi connectivity index (χ0v) is 20.7. The third kappa shape index (κ3) is 5.37. The number of benzene rings is 3. The van der Waals surface area contributed by atoms with E-state index in [2.05, 4.69) is 25.8 Å². The molecule has 0 unspecified atom stereocenters. The highest BCUT2D eigenvalue weighted by molar-refractivity contribution is 6.00. The van der Waals surface area contributed by atoms with Crippen LogP contribution in [0.3, 0.4) is 0 Å². The second-order valence-electron chi connectivity index (χ2n) is 8.71. The number of carbonyl (C=O) groups excluding carboxylic acids is 1. The van der Waals surface area contributed by atoms with E-state index in [-0.39, 0.29) is 11.3 Å². The maximum Gasteiger partial charge on any atom is 0.419 e. The van der Waals surface area contributed by atoms with Crippen LogP contribution in [-0.4, -0.2) is 29.2 Å². The first-order chi connectivity index (χ1) is 18.6. The fourth-order valence-electron chi connectivity index (χ4n) is 4.17. The number of aromatic amines is 1. The van der Waals surface area contributed by atoms with Crippen LogP contribution in [-0.2, 0) is 6.18 Å². The van der Waals surface area contributed by atoms with E-state index in [0.717, 1.165) is 45.6 Å². The minimum Gasteiger partial charge on any atom is -0.494 e. The molecule has 7 nitrogen and oxygen atoms in total. The Morgan fingerprint density at radius 3 is 2.67 bits per heavy atom. The molecule has 2 heterocycles. The van der Waals surface area contributed by atoms with Crippen molar-refractivity contribution < 1.29 is 27.1 Å². The molecule has 0 aliphatic rings. The molecule has 0 saturated heterocycles.